The summed E-state index contributed by atoms with van der Waals surface area (Å²) in [5, 5.41) is 3.28. The number of methoxy groups -OCH3 is 1. The molecule has 0 aromatic heterocycles. The largest absolute Gasteiger partial charge is 0.496 e. The molecule has 19 heavy (non-hydrogen) atoms. The Morgan fingerprint density at radius 2 is 2.26 bits per heavy atom. The van der Waals surface area contributed by atoms with Crippen LogP contribution in [0.25, 0.3) is 0 Å². The number of nitrogens with one attached hydrogen (secondary N) is 1. The zero-order valence-corrected chi connectivity index (χ0v) is 13.4. The van der Waals surface area contributed by atoms with Crippen molar-refractivity contribution in [2.24, 2.45) is 0 Å². The van der Waals surface area contributed by atoms with Gasteiger partial charge >= 0.3 is 0 Å². The summed E-state index contributed by atoms with van der Waals surface area (Å²) in [7, 11) is 1.61. The maximum Gasteiger partial charge on any atom is 0.254 e. The Bertz CT molecular complexity index is 456. The third kappa shape index (κ3) is 3.61. The van der Waals surface area contributed by atoms with Gasteiger partial charge in [-0.25, -0.2) is 0 Å². The van der Waals surface area contributed by atoms with Crippen molar-refractivity contribution in [2.75, 3.05) is 26.7 Å². The van der Waals surface area contributed by atoms with Gasteiger partial charge in [0.25, 0.3) is 5.91 Å². The van der Waals surface area contributed by atoms with Gasteiger partial charge in [0.1, 0.15) is 5.75 Å². The number of carbonyl (C=O) groups excluding carboxylic acids is 1. The number of hydrogen-bond donors (Lipinski definition) is 1. The summed E-state index contributed by atoms with van der Waals surface area (Å²) in [6.45, 7) is 4.52. The maximum atomic E-state index is 12.4. The second-order valence-electron chi connectivity index (χ2n) is 4.40. The molecule has 0 unspecified atom stereocenters. The average molecular weight is 350 g/mol. The molecule has 1 aromatic rings. The molecular formula is C13H18BrClN2O2. The number of halogens is 2. The van der Waals surface area contributed by atoms with Crippen molar-refractivity contribution < 1.29 is 9.53 Å². The Morgan fingerprint density at radius 3 is 2.84 bits per heavy atom. The van der Waals surface area contributed by atoms with Crippen LogP contribution >= 0.6 is 28.3 Å². The van der Waals surface area contributed by atoms with Gasteiger partial charge in [0, 0.05) is 31.2 Å². The molecule has 1 fully saturated rings. The number of rotatable bonds is 2. The molecule has 1 saturated heterocycles. The predicted molar refractivity (Wildman–Crippen MR) is 81.3 cm³/mol. The van der Waals surface area contributed by atoms with Gasteiger partial charge < -0.3 is 15.0 Å². The highest BCUT2D eigenvalue weighted by atomic mass is 79.9. The van der Waals surface area contributed by atoms with Crippen LogP contribution in [0.15, 0.2) is 22.7 Å². The smallest absolute Gasteiger partial charge is 0.254 e. The first-order valence-corrected chi connectivity index (χ1v) is 6.78. The van der Waals surface area contributed by atoms with Crippen molar-refractivity contribution in [3.05, 3.63) is 28.2 Å². The molecule has 1 atom stereocenters. The Balaban J connectivity index is 0.00000180. The standard InChI is InChI=1S/C13H17BrN2O2.ClH/c1-9-8-15-5-6-16(9)13(17)10-3-4-12(18-2)11(14)7-10;/h3-4,7,9,15H,5-6,8H2,1-2H3;1H/t9-;/m0./s1. The molecular weight excluding hydrogens is 332 g/mol. The van der Waals surface area contributed by atoms with Crippen LogP contribution in [0.2, 0.25) is 0 Å². The number of carbonyl (C=O) groups is 1. The lowest BCUT2D eigenvalue weighted by Crippen LogP contribution is -2.52. The van der Waals surface area contributed by atoms with Crippen LogP contribution in [0.4, 0.5) is 0 Å². The SMILES string of the molecule is COc1ccc(C(=O)N2CCNC[C@@H]2C)cc1Br.Cl. The normalized spacial score (nSPS) is 18.7. The molecule has 0 radical (unpaired) electrons. The van der Waals surface area contributed by atoms with E-state index in [1.165, 1.54) is 0 Å². The van der Waals surface area contributed by atoms with E-state index in [0.29, 0.717) is 5.56 Å². The van der Waals surface area contributed by atoms with Crippen molar-refractivity contribution in [1.82, 2.24) is 10.2 Å². The summed E-state index contributed by atoms with van der Waals surface area (Å²) in [5.41, 5.74) is 0.691. The van der Waals surface area contributed by atoms with Crippen LogP contribution < -0.4 is 10.1 Å². The van der Waals surface area contributed by atoms with Gasteiger partial charge in [0.05, 0.1) is 11.6 Å². The van der Waals surface area contributed by atoms with Gasteiger partial charge in [-0.1, -0.05) is 0 Å². The number of nitrogens with zero attached hydrogens (tertiary/aromatic N) is 1. The molecule has 0 aliphatic carbocycles. The molecule has 0 saturated carbocycles. The summed E-state index contributed by atoms with van der Waals surface area (Å²) >= 11 is 3.41. The van der Waals surface area contributed by atoms with Crippen LogP contribution in [0.1, 0.15) is 17.3 Å². The molecule has 1 aliphatic heterocycles. The third-order valence-electron chi connectivity index (χ3n) is 3.16. The monoisotopic (exact) mass is 348 g/mol. The zero-order chi connectivity index (χ0) is 13.1. The van der Waals surface area contributed by atoms with E-state index < -0.39 is 0 Å². The fraction of sp³-hybridized carbons (Fsp3) is 0.462. The van der Waals surface area contributed by atoms with E-state index in [0.717, 1.165) is 29.9 Å². The molecule has 0 bridgehead atoms. The molecule has 1 N–H and O–H groups in total. The molecule has 1 heterocycles. The first-order valence-electron chi connectivity index (χ1n) is 5.98. The van der Waals surface area contributed by atoms with Gasteiger partial charge in [0.15, 0.2) is 0 Å². The minimum absolute atomic E-state index is 0. The quantitative estimate of drug-likeness (QED) is 0.891. The predicted octanol–water partition coefficient (Wildman–Crippen LogP) is 2.31. The van der Waals surface area contributed by atoms with E-state index in [-0.39, 0.29) is 24.4 Å². The molecule has 1 aliphatic rings. The zero-order valence-electron chi connectivity index (χ0n) is 11.0. The van der Waals surface area contributed by atoms with Crippen molar-refractivity contribution >= 4 is 34.2 Å². The second-order valence-corrected chi connectivity index (χ2v) is 5.26. The van der Waals surface area contributed by atoms with E-state index in [4.69, 9.17) is 4.74 Å². The van der Waals surface area contributed by atoms with Crippen LogP contribution in [0.5, 0.6) is 5.75 Å². The van der Waals surface area contributed by atoms with Gasteiger partial charge in [-0.15, -0.1) is 12.4 Å². The summed E-state index contributed by atoms with van der Waals surface area (Å²) in [6, 6.07) is 5.66. The number of hydrogen-bond acceptors (Lipinski definition) is 3. The lowest BCUT2D eigenvalue weighted by Gasteiger charge is -2.34. The Labute approximate surface area is 128 Å². The second kappa shape index (κ2) is 7.12. The number of ether oxygens (including phenoxy) is 1. The minimum atomic E-state index is 0. The summed E-state index contributed by atoms with van der Waals surface area (Å²) in [6.07, 6.45) is 0. The lowest BCUT2D eigenvalue weighted by molar-refractivity contribution is 0.0655. The van der Waals surface area contributed by atoms with Crippen molar-refractivity contribution in [2.45, 2.75) is 13.0 Å². The van der Waals surface area contributed by atoms with Crippen LogP contribution in [-0.2, 0) is 0 Å². The molecule has 4 nitrogen and oxygen atoms in total. The summed E-state index contributed by atoms with van der Waals surface area (Å²) in [5.74, 6) is 0.812. The van der Waals surface area contributed by atoms with E-state index in [9.17, 15) is 4.79 Å². The van der Waals surface area contributed by atoms with Gasteiger partial charge in [-0.3, -0.25) is 4.79 Å². The Hall–Kier alpha value is -0.780. The third-order valence-corrected chi connectivity index (χ3v) is 3.78. The van der Waals surface area contributed by atoms with Crippen LogP contribution in [-0.4, -0.2) is 43.6 Å². The first kappa shape index (κ1) is 16.3. The topological polar surface area (TPSA) is 41.6 Å². The fourth-order valence-electron chi connectivity index (χ4n) is 2.11. The Morgan fingerprint density at radius 1 is 1.53 bits per heavy atom. The molecule has 106 valence electrons. The van der Waals surface area contributed by atoms with Gasteiger partial charge in [0.2, 0.25) is 0 Å². The summed E-state index contributed by atoms with van der Waals surface area (Å²) in [4.78, 5) is 14.3. The number of amides is 1. The van der Waals surface area contributed by atoms with E-state index in [1.807, 2.05) is 17.0 Å². The molecule has 0 spiro atoms. The van der Waals surface area contributed by atoms with E-state index in [1.54, 1.807) is 13.2 Å². The lowest BCUT2D eigenvalue weighted by atomic mass is 10.1. The van der Waals surface area contributed by atoms with Crippen molar-refractivity contribution in [1.29, 1.82) is 0 Å². The van der Waals surface area contributed by atoms with Crippen LogP contribution in [0, 0.1) is 0 Å². The number of benzene rings is 1. The van der Waals surface area contributed by atoms with Crippen molar-refractivity contribution in [3.63, 3.8) is 0 Å². The number of piperazine rings is 1. The average Bonchev–Trinajstić information content (AvgIpc) is 2.38. The highest BCUT2D eigenvalue weighted by Crippen LogP contribution is 2.26. The Kier molecular flexibility index (Phi) is 6.10. The van der Waals surface area contributed by atoms with Crippen LogP contribution in [0.3, 0.4) is 0 Å². The fourth-order valence-corrected chi connectivity index (χ4v) is 2.65. The molecule has 1 amide bonds. The highest BCUT2D eigenvalue weighted by Gasteiger charge is 2.24. The molecule has 2 rings (SSSR count). The first-order chi connectivity index (χ1) is 8.63. The molecule has 1 aromatic carbocycles. The highest BCUT2D eigenvalue weighted by molar-refractivity contribution is 9.10. The summed E-state index contributed by atoms with van der Waals surface area (Å²) < 4.78 is 5.97. The van der Waals surface area contributed by atoms with Crippen molar-refractivity contribution in [3.8, 4) is 5.75 Å². The van der Waals surface area contributed by atoms with Gasteiger partial charge in [-0.05, 0) is 41.1 Å². The minimum Gasteiger partial charge on any atom is -0.496 e. The van der Waals surface area contributed by atoms with E-state index >= 15 is 0 Å². The van der Waals surface area contributed by atoms with Gasteiger partial charge in [-0.2, -0.15) is 0 Å². The maximum absolute atomic E-state index is 12.4. The molecule has 6 heteroatoms. The van der Waals surface area contributed by atoms with E-state index in [2.05, 4.69) is 28.2 Å².